The molecule has 0 saturated heterocycles. The molecule has 0 radical (unpaired) electrons. The van der Waals surface area contributed by atoms with Crippen molar-refractivity contribution < 1.29 is 24.2 Å². The average molecular weight is 476 g/mol. The van der Waals surface area contributed by atoms with Crippen molar-refractivity contribution in [2.45, 2.75) is 85.5 Å². The van der Waals surface area contributed by atoms with E-state index < -0.39 is 29.7 Å². The van der Waals surface area contributed by atoms with Gasteiger partial charge in [0.15, 0.2) is 0 Å². The highest BCUT2D eigenvalue weighted by Crippen LogP contribution is 2.28. The Morgan fingerprint density at radius 3 is 2.26 bits per heavy atom. The van der Waals surface area contributed by atoms with Gasteiger partial charge in [-0.05, 0) is 70.7 Å². The van der Waals surface area contributed by atoms with E-state index in [2.05, 4.69) is 17.2 Å². The zero-order chi connectivity index (χ0) is 26.2. The number of aryl methyl sites for hydroxylation is 1. The zero-order valence-corrected chi connectivity index (χ0v) is 21.8. The molecule has 1 rings (SSSR count). The monoisotopic (exact) mass is 475 g/mol. The summed E-state index contributed by atoms with van der Waals surface area (Å²) in [6, 6.07) is 2.76. The Hall–Kier alpha value is -3.03. The Labute approximate surface area is 203 Å². The Kier molecular flexibility index (Phi) is 10.6. The predicted octanol–water partition coefficient (Wildman–Crippen LogP) is 4.22. The topological polar surface area (TPSA) is 108 Å². The maximum absolute atomic E-state index is 13.9. The van der Waals surface area contributed by atoms with E-state index in [1.165, 1.54) is 11.0 Å². The molecule has 0 heterocycles. The van der Waals surface area contributed by atoms with Crippen molar-refractivity contribution in [2.24, 2.45) is 5.92 Å². The fourth-order valence-corrected chi connectivity index (χ4v) is 3.44. The van der Waals surface area contributed by atoms with Crippen LogP contribution in [-0.2, 0) is 14.3 Å². The summed E-state index contributed by atoms with van der Waals surface area (Å²) in [4.78, 5) is 41.2. The summed E-state index contributed by atoms with van der Waals surface area (Å²) in [6.07, 6.45) is 1.46. The van der Waals surface area contributed by atoms with Gasteiger partial charge in [-0.15, -0.1) is 6.58 Å². The van der Waals surface area contributed by atoms with Crippen LogP contribution in [0.25, 0.3) is 0 Å². The van der Waals surface area contributed by atoms with Crippen molar-refractivity contribution in [3.8, 4) is 5.75 Å². The van der Waals surface area contributed by atoms with Gasteiger partial charge in [-0.1, -0.05) is 32.4 Å². The van der Waals surface area contributed by atoms with Crippen molar-refractivity contribution in [2.75, 3.05) is 6.54 Å². The molecule has 3 amide bonds. The number of benzene rings is 1. The van der Waals surface area contributed by atoms with Crippen LogP contribution in [0.5, 0.6) is 5.75 Å². The molecule has 8 nitrogen and oxygen atoms in total. The molecule has 0 saturated carbocycles. The van der Waals surface area contributed by atoms with Gasteiger partial charge in [-0.25, -0.2) is 4.79 Å². The summed E-state index contributed by atoms with van der Waals surface area (Å²) < 4.78 is 5.38. The molecule has 0 bridgehead atoms. The van der Waals surface area contributed by atoms with E-state index in [1.807, 2.05) is 27.7 Å². The first-order valence-electron chi connectivity index (χ1n) is 11.7. The van der Waals surface area contributed by atoms with Crippen molar-refractivity contribution in [3.63, 3.8) is 0 Å². The van der Waals surface area contributed by atoms with E-state index in [-0.39, 0.29) is 30.2 Å². The summed E-state index contributed by atoms with van der Waals surface area (Å²) in [5, 5.41) is 15.6. The molecule has 8 heteroatoms. The van der Waals surface area contributed by atoms with Crippen molar-refractivity contribution >= 4 is 17.9 Å². The first-order chi connectivity index (χ1) is 15.7. The molecule has 0 fully saturated rings. The molecule has 3 N–H and O–H groups in total. The number of phenolic OH excluding ortho intramolecular Hbond substituents is 1. The second-order valence-electron chi connectivity index (χ2n) is 9.90. The number of hydrogen-bond acceptors (Lipinski definition) is 5. The summed E-state index contributed by atoms with van der Waals surface area (Å²) >= 11 is 0. The highest BCUT2D eigenvalue weighted by atomic mass is 16.6. The lowest BCUT2D eigenvalue weighted by atomic mass is 9.95. The number of carbonyl (C=O) groups is 3. The van der Waals surface area contributed by atoms with Gasteiger partial charge < -0.3 is 25.4 Å². The molecule has 0 aromatic heterocycles. The van der Waals surface area contributed by atoms with Crippen molar-refractivity contribution in [1.82, 2.24) is 15.5 Å². The van der Waals surface area contributed by atoms with Crippen LogP contribution in [0.2, 0.25) is 0 Å². The van der Waals surface area contributed by atoms with Gasteiger partial charge in [0, 0.05) is 12.6 Å². The van der Waals surface area contributed by atoms with Crippen LogP contribution < -0.4 is 10.6 Å². The number of rotatable bonds is 10. The molecule has 0 aliphatic heterocycles. The van der Waals surface area contributed by atoms with Gasteiger partial charge in [0.25, 0.3) is 0 Å². The summed E-state index contributed by atoms with van der Waals surface area (Å²) in [5.41, 5.74) is 0.400. The average Bonchev–Trinajstić information content (AvgIpc) is 2.71. The van der Waals surface area contributed by atoms with Crippen LogP contribution in [-0.4, -0.2) is 52.1 Å². The molecular weight excluding hydrogens is 434 g/mol. The van der Waals surface area contributed by atoms with Crippen LogP contribution in [0.1, 0.15) is 72.1 Å². The fourth-order valence-electron chi connectivity index (χ4n) is 3.44. The van der Waals surface area contributed by atoms with E-state index in [9.17, 15) is 19.5 Å². The SMILES string of the molecule is C=CCN(C(=O)C(NC(=O)OC(C)(C)C)C(C)CC)C(C(=O)NC(C)C)c1ccc(O)c(C)c1. The first kappa shape index (κ1) is 29.0. The largest absolute Gasteiger partial charge is 0.508 e. The highest BCUT2D eigenvalue weighted by Gasteiger charge is 2.37. The lowest BCUT2D eigenvalue weighted by molar-refractivity contribution is -0.143. The third-order valence-corrected chi connectivity index (χ3v) is 5.29. The van der Waals surface area contributed by atoms with Gasteiger partial charge in [0.2, 0.25) is 11.8 Å². The number of alkyl carbamates (subject to hydrolysis) is 1. The highest BCUT2D eigenvalue weighted by molar-refractivity contribution is 5.92. The van der Waals surface area contributed by atoms with Gasteiger partial charge in [0.05, 0.1) is 0 Å². The molecule has 1 aromatic carbocycles. The molecule has 0 aliphatic rings. The Morgan fingerprint density at radius 2 is 1.79 bits per heavy atom. The number of ether oxygens (including phenoxy) is 1. The van der Waals surface area contributed by atoms with E-state index in [0.29, 0.717) is 17.5 Å². The van der Waals surface area contributed by atoms with Crippen molar-refractivity contribution in [3.05, 3.63) is 42.0 Å². The molecule has 3 atom stereocenters. The second-order valence-corrected chi connectivity index (χ2v) is 9.90. The molecule has 190 valence electrons. The van der Waals surface area contributed by atoms with E-state index in [1.54, 1.807) is 45.9 Å². The minimum absolute atomic E-state index is 0.0812. The number of nitrogens with zero attached hydrogens (tertiary/aromatic N) is 1. The van der Waals surface area contributed by atoms with E-state index in [4.69, 9.17) is 4.74 Å². The maximum Gasteiger partial charge on any atom is 0.408 e. The van der Waals surface area contributed by atoms with Gasteiger partial charge >= 0.3 is 6.09 Å². The number of carbonyl (C=O) groups excluding carboxylic acids is 3. The second kappa shape index (κ2) is 12.4. The Balaban J connectivity index is 3.50. The summed E-state index contributed by atoms with van der Waals surface area (Å²) in [6.45, 7) is 18.3. The van der Waals surface area contributed by atoms with Gasteiger partial charge in [0.1, 0.15) is 23.4 Å². The van der Waals surface area contributed by atoms with Gasteiger partial charge in [-0.3, -0.25) is 9.59 Å². The molecular formula is C26H41N3O5. The number of nitrogens with one attached hydrogen (secondary N) is 2. The lowest BCUT2D eigenvalue weighted by Gasteiger charge is -2.36. The molecule has 34 heavy (non-hydrogen) atoms. The number of amides is 3. The third-order valence-electron chi connectivity index (χ3n) is 5.29. The smallest absolute Gasteiger partial charge is 0.408 e. The van der Waals surface area contributed by atoms with E-state index >= 15 is 0 Å². The normalized spacial score (nSPS) is 14.0. The quantitative estimate of drug-likeness (QED) is 0.439. The Morgan fingerprint density at radius 1 is 1.18 bits per heavy atom. The van der Waals surface area contributed by atoms with Crippen LogP contribution >= 0.6 is 0 Å². The summed E-state index contributed by atoms with van der Waals surface area (Å²) in [7, 11) is 0. The van der Waals surface area contributed by atoms with Crippen LogP contribution in [0.4, 0.5) is 4.79 Å². The predicted molar refractivity (Wildman–Crippen MR) is 133 cm³/mol. The number of phenols is 1. The third kappa shape index (κ3) is 8.39. The fraction of sp³-hybridized carbons (Fsp3) is 0.577. The minimum Gasteiger partial charge on any atom is -0.508 e. The first-order valence-corrected chi connectivity index (χ1v) is 11.7. The van der Waals surface area contributed by atoms with E-state index in [0.717, 1.165) is 0 Å². The van der Waals surface area contributed by atoms with Crippen LogP contribution in [0, 0.1) is 12.8 Å². The molecule has 0 spiro atoms. The molecule has 3 unspecified atom stereocenters. The van der Waals surface area contributed by atoms with Crippen LogP contribution in [0.15, 0.2) is 30.9 Å². The minimum atomic E-state index is -0.987. The van der Waals surface area contributed by atoms with Gasteiger partial charge in [-0.2, -0.15) is 0 Å². The zero-order valence-electron chi connectivity index (χ0n) is 21.8. The maximum atomic E-state index is 13.9. The lowest BCUT2D eigenvalue weighted by Crippen LogP contribution is -2.55. The Bertz CT molecular complexity index is 876. The number of aromatic hydroxyl groups is 1. The number of hydrogen-bond donors (Lipinski definition) is 3. The summed E-state index contributed by atoms with van der Waals surface area (Å²) in [5.74, 6) is -0.912. The van der Waals surface area contributed by atoms with Crippen LogP contribution in [0.3, 0.4) is 0 Å². The molecule has 1 aromatic rings. The standard InChI is InChI=1S/C26H41N3O5/c1-10-14-29(24(32)21(17(5)11-2)28-25(33)34-26(7,8)9)22(23(31)27-16(3)4)19-12-13-20(30)18(6)15-19/h10,12-13,15-17,21-22,30H,1,11,14H2,2-9H3,(H,27,31)(H,28,33). The molecule has 0 aliphatic carbocycles. The van der Waals surface area contributed by atoms with Crippen molar-refractivity contribution in [1.29, 1.82) is 0 Å².